The van der Waals surface area contributed by atoms with Gasteiger partial charge in [-0.15, -0.1) is 10.2 Å². The molecule has 0 amide bonds. The molecule has 7 heteroatoms. The lowest BCUT2D eigenvalue weighted by Gasteiger charge is -2.06. The van der Waals surface area contributed by atoms with Crippen molar-refractivity contribution in [2.24, 2.45) is 0 Å². The van der Waals surface area contributed by atoms with Gasteiger partial charge in [0.1, 0.15) is 18.0 Å². The van der Waals surface area contributed by atoms with Gasteiger partial charge in [0.15, 0.2) is 10.9 Å². The third kappa shape index (κ3) is 3.45. The molecule has 4 nitrogen and oxygen atoms in total. The number of benzene rings is 2. The quantitative estimate of drug-likeness (QED) is 0.530. The van der Waals surface area contributed by atoms with E-state index in [1.807, 2.05) is 30.3 Å². The highest BCUT2D eigenvalue weighted by molar-refractivity contribution is 7.99. The van der Waals surface area contributed by atoms with E-state index < -0.39 is 17.4 Å². The molecule has 0 aliphatic heterocycles. The number of carbonyl (C=O) groups is 1. The maximum atomic E-state index is 13.6. The lowest BCUT2D eigenvalue weighted by molar-refractivity contribution is 0.101. The fourth-order valence-electron chi connectivity index (χ4n) is 2.01. The van der Waals surface area contributed by atoms with Gasteiger partial charge in [0.2, 0.25) is 0 Å². The maximum Gasteiger partial charge on any atom is 0.196 e. The number of hydrogen-bond acceptors (Lipinski definition) is 4. The van der Waals surface area contributed by atoms with Crippen LogP contribution in [0, 0.1) is 11.6 Å². The summed E-state index contributed by atoms with van der Waals surface area (Å²) in [7, 11) is 0. The molecule has 0 spiro atoms. The zero-order chi connectivity index (χ0) is 16.2. The first-order chi connectivity index (χ1) is 11.1. The van der Waals surface area contributed by atoms with Gasteiger partial charge in [0.05, 0.1) is 11.3 Å². The highest BCUT2D eigenvalue weighted by atomic mass is 32.2. The highest BCUT2D eigenvalue weighted by Crippen LogP contribution is 2.21. The number of nitrogens with zero attached hydrogens (tertiary/aromatic N) is 3. The molecule has 0 bridgehead atoms. The largest absolute Gasteiger partial charge is 0.293 e. The fraction of sp³-hybridized carbons (Fsp3) is 0.0625. The third-order valence-electron chi connectivity index (χ3n) is 3.11. The summed E-state index contributed by atoms with van der Waals surface area (Å²) in [6.07, 6.45) is 1.53. The molecule has 0 N–H and O–H groups in total. The van der Waals surface area contributed by atoms with E-state index in [1.54, 1.807) is 4.57 Å². The second-order valence-electron chi connectivity index (χ2n) is 4.66. The molecule has 116 valence electrons. The van der Waals surface area contributed by atoms with Crippen LogP contribution in [0.3, 0.4) is 0 Å². The van der Waals surface area contributed by atoms with Crippen LogP contribution in [0.5, 0.6) is 0 Å². The lowest BCUT2D eigenvalue weighted by Crippen LogP contribution is -2.07. The SMILES string of the molecule is O=C(CSc1nncn1-c1ccccc1)c1cc(F)ccc1F. The van der Waals surface area contributed by atoms with Crippen LogP contribution < -0.4 is 0 Å². The molecule has 0 radical (unpaired) electrons. The Bertz CT molecular complexity index is 836. The van der Waals surface area contributed by atoms with Gasteiger partial charge in [-0.25, -0.2) is 8.78 Å². The Morgan fingerprint density at radius 2 is 1.91 bits per heavy atom. The van der Waals surface area contributed by atoms with Gasteiger partial charge in [0, 0.05) is 5.69 Å². The molecule has 0 unspecified atom stereocenters. The first kappa shape index (κ1) is 15.4. The minimum atomic E-state index is -0.735. The Morgan fingerprint density at radius 3 is 2.70 bits per heavy atom. The zero-order valence-electron chi connectivity index (χ0n) is 11.8. The van der Waals surface area contributed by atoms with Crippen LogP contribution >= 0.6 is 11.8 Å². The summed E-state index contributed by atoms with van der Waals surface area (Å²) in [5, 5.41) is 8.28. The number of thioether (sulfide) groups is 1. The molecule has 3 aromatic rings. The molecule has 3 rings (SSSR count). The van der Waals surface area contributed by atoms with E-state index in [4.69, 9.17) is 0 Å². The Labute approximate surface area is 135 Å². The van der Waals surface area contributed by atoms with Crippen LogP contribution in [-0.4, -0.2) is 26.3 Å². The zero-order valence-corrected chi connectivity index (χ0v) is 12.6. The van der Waals surface area contributed by atoms with E-state index in [1.165, 1.54) is 6.33 Å². The predicted molar refractivity (Wildman–Crippen MR) is 82.8 cm³/mol. The molecule has 2 aromatic carbocycles. The van der Waals surface area contributed by atoms with Crippen LogP contribution in [0.25, 0.3) is 5.69 Å². The van der Waals surface area contributed by atoms with E-state index in [2.05, 4.69) is 10.2 Å². The topological polar surface area (TPSA) is 47.8 Å². The number of halogens is 2. The summed E-state index contributed by atoms with van der Waals surface area (Å²) >= 11 is 1.12. The average molecular weight is 331 g/mol. The van der Waals surface area contributed by atoms with Gasteiger partial charge in [-0.05, 0) is 30.3 Å². The van der Waals surface area contributed by atoms with Crippen molar-refractivity contribution in [1.82, 2.24) is 14.8 Å². The monoisotopic (exact) mass is 331 g/mol. The predicted octanol–water partition coefficient (Wildman–Crippen LogP) is 3.52. The van der Waals surface area contributed by atoms with Gasteiger partial charge in [-0.3, -0.25) is 9.36 Å². The number of ketones is 1. The van der Waals surface area contributed by atoms with Crippen molar-refractivity contribution >= 4 is 17.5 Å². The van der Waals surface area contributed by atoms with E-state index in [0.717, 1.165) is 35.6 Å². The maximum absolute atomic E-state index is 13.6. The summed E-state index contributed by atoms with van der Waals surface area (Å²) in [6, 6.07) is 12.2. The molecule has 0 saturated carbocycles. The minimum absolute atomic E-state index is 0.0636. The Kier molecular flexibility index (Phi) is 4.47. The van der Waals surface area contributed by atoms with Crippen molar-refractivity contribution in [3.05, 3.63) is 72.1 Å². The van der Waals surface area contributed by atoms with Crippen LogP contribution in [0.2, 0.25) is 0 Å². The standard InChI is InChI=1S/C16H11F2N3OS/c17-11-6-7-14(18)13(8-11)15(22)9-23-16-20-19-10-21(16)12-4-2-1-3-5-12/h1-8,10H,9H2. The van der Waals surface area contributed by atoms with E-state index in [-0.39, 0.29) is 11.3 Å². The van der Waals surface area contributed by atoms with Crippen molar-refractivity contribution in [2.75, 3.05) is 5.75 Å². The van der Waals surface area contributed by atoms with E-state index >= 15 is 0 Å². The number of hydrogen-bond donors (Lipinski definition) is 0. The van der Waals surface area contributed by atoms with Crippen LogP contribution in [0.4, 0.5) is 8.78 Å². The van der Waals surface area contributed by atoms with Gasteiger partial charge >= 0.3 is 0 Å². The number of rotatable bonds is 5. The number of aromatic nitrogens is 3. The Morgan fingerprint density at radius 1 is 1.13 bits per heavy atom. The first-order valence-electron chi connectivity index (χ1n) is 6.71. The summed E-state index contributed by atoms with van der Waals surface area (Å²) in [5.74, 6) is -1.95. The second-order valence-corrected chi connectivity index (χ2v) is 5.60. The lowest BCUT2D eigenvalue weighted by atomic mass is 10.1. The van der Waals surface area contributed by atoms with Crippen molar-refractivity contribution < 1.29 is 13.6 Å². The third-order valence-corrected chi connectivity index (χ3v) is 4.06. The molecular formula is C16H11F2N3OS. The van der Waals surface area contributed by atoms with Gasteiger partial charge in [0.25, 0.3) is 0 Å². The molecule has 1 heterocycles. The van der Waals surface area contributed by atoms with E-state index in [0.29, 0.717) is 5.16 Å². The molecule has 0 aliphatic rings. The van der Waals surface area contributed by atoms with Gasteiger partial charge in [-0.2, -0.15) is 0 Å². The fourth-order valence-corrected chi connectivity index (χ4v) is 2.82. The van der Waals surface area contributed by atoms with Crippen molar-refractivity contribution in [1.29, 1.82) is 0 Å². The Hall–Kier alpha value is -2.54. The Balaban J connectivity index is 1.76. The average Bonchev–Trinajstić information content (AvgIpc) is 3.04. The summed E-state index contributed by atoms with van der Waals surface area (Å²) in [6.45, 7) is 0. The highest BCUT2D eigenvalue weighted by Gasteiger charge is 2.15. The molecule has 1 aromatic heterocycles. The van der Waals surface area contributed by atoms with Crippen molar-refractivity contribution in [3.8, 4) is 5.69 Å². The van der Waals surface area contributed by atoms with Crippen LogP contribution in [0.1, 0.15) is 10.4 Å². The van der Waals surface area contributed by atoms with E-state index in [9.17, 15) is 13.6 Å². The van der Waals surface area contributed by atoms with Crippen molar-refractivity contribution in [3.63, 3.8) is 0 Å². The first-order valence-corrected chi connectivity index (χ1v) is 7.70. The molecular weight excluding hydrogens is 320 g/mol. The number of para-hydroxylation sites is 1. The molecule has 0 aliphatic carbocycles. The van der Waals surface area contributed by atoms with Crippen molar-refractivity contribution in [2.45, 2.75) is 5.16 Å². The smallest absolute Gasteiger partial charge is 0.196 e. The summed E-state index contributed by atoms with van der Waals surface area (Å²) in [4.78, 5) is 12.1. The van der Waals surface area contributed by atoms with Gasteiger partial charge in [-0.1, -0.05) is 30.0 Å². The number of Topliss-reactive ketones (excluding diaryl/α,β-unsaturated/α-hetero) is 1. The van der Waals surface area contributed by atoms with Crippen LogP contribution in [-0.2, 0) is 0 Å². The van der Waals surface area contributed by atoms with Gasteiger partial charge < -0.3 is 0 Å². The molecule has 0 atom stereocenters. The molecule has 0 fully saturated rings. The summed E-state index contributed by atoms with van der Waals surface area (Å²) < 4.78 is 28.5. The summed E-state index contributed by atoms with van der Waals surface area (Å²) in [5.41, 5.74) is 0.590. The number of carbonyl (C=O) groups excluding carboxylic acids is 1. The van der Waals surface area contributed by atoms with Crippen LogP contribution in [0.15, 0.2) is 60.0 Å². The molecule has 23 heavy (non-hydrogen) atoms. The molecule has 0 saturated heterocycles. The second kappa shape index (κ2) is 6.70. The normalized spacial score (nSPS) is 10.7. The minimum Gasteiger partial charge on any atom is -0.293 e.